The maximum Gasteiger partial charge on any atom is 0.129 e. The van der Waals surface area contributed by atoms with Crippen molar-refractivity contribution in [1.82, 2.24) is 0 Å². The summed E-state index contributed by atoms with van der Waals surface area (Å²) in [6.45, 7) is 13.8. The minimum atomic E-state index is -3.26. The Kier molecular flexibility index (Phi) is 9.76. The van der Waals surface area contributed by atoms with Gasteiger partial charge in [0.15, 0.2) is 0 Å². The summed E-state index contributed by atoms with van der Waals surface area (Å²) in [4.78, 5) is 23.8. The first-order valence-corrected chi connectivity index (χ1v) is 24.4. The molecule has 4 N–H and O–H groups in total. The number of carbonyl (C=O) groups excluding carboxylic acids is 2. The van der Waals surface area contributed by atoms with E-state index in [9.17, 15) is 35.5 Å². The standard InChI is InChI=1S/2C27H46O3/c2*1-6-19-23-15-18(29)11-13-27(23,5)22-12-14-26(4)20(16(2)7-8-17(3)28)9-10-21(26)24(22)25(19)30/h2*16,18-25,29-30H,6-15H2,1-5H3/t2*16-,18-,19+,20-,21+,22+,23+,24+,25-,26-,27-/m11/s1/i1D3,6D2,8D2,19D,25D;8D2,19D,25D. The smallest absolute Gasteiger partial charge is 0.129 e. The van der Waals surface area contributed by atoms with Gasteiger partial charge in [-0.25, -0.2) is 0 Å². The third-order valence-corrected chi connectivity index (χ3v) is 20.3. The summed E-state index contributed by atoms with van der Waals surface area (Å²) in [5.74, 6) is -7.43. The molecule has 8 rings (SSSR count). The van der Waals surface area contributed by atoms with Gasteiger partial charge >= 0.3 is 0 Å². The normalized spacial score (nSPS) is 60.6. The highest BCUT2D eigenvalue weighted by molar-refractivity contribution is 5.75. The zero-order chi connectivity index (χ0) is 55.3. The van der Waals surface area contributed by atoms with Crippen LogP contribution in [0, 0.1) is 104 Å². The van der Waals surface area contributed by atoms with Gasteiger partial charge in [-0.1, -0.05) is 68.1 Å². The molecular formula is C54H92O6. The van der Waals surface area contributed by atoms with Crippen LogP contribution in [-0.2, 0) is 9.59 Å². The van der Waals surface area contributed by atoms with E-state index in [1.807, 2.05) is 20.8 Å². The first kappa shape index (κ1) is 32.8. The van der Waals surface area contributed by atoms with Gasteiger partial charge in [-0.2, -0.15) is 0 Å². The van der Waals surface area contributed by atoms with Crippen LogP contribution in [0.15, 0.2) is 0 Å². The minimum absolute atomic E-state index is 0.00638. The van der Waals surface area contributed by atoms with E-state index < -0.39 is 96.4 Å². The summed E-state index contributed by atoms with van der Waals surface area (Å²) in [5, 5.41) is 45.2. The molecule has 0 aromatic rings. The predicted octanol–water partition coefficient (Wildman–Crippen LogP) is 11.2. The van der Waals surface area contributed by atoms with E-state index in [0.717, 1.165) is 44.9 Å². The fraction of sp³-hybridized carbons (Fsp3) is 0.963. The van der Waals surface area contributed by atoms with E-state index in [1.165, 1.54) is 13.8 Å². The Morgan fingerprint density at radius 1 is 0.600 bits per heavy atom. The second-order valence-electron chi connectivity index (χ2n) is 22.9. The molecule has 0 saturated heterocycles. The van der Waals surface area contributed by atoms with Crippen LogP contribution < -0.4 is 0 Å². The van der Waals surface area contributed by atoms with Crippen molar-refractivity contribution < 1.29 is 47.8 Å². The molecular weight excluding hydrogens is 745 g/mol. The Morgan fingerprint density at radius 3 is 1.38 bits per heavy atom. The van der Waals surface area contributed by atoms with Crippen LogP contribution in [0.4, 0.5) is 0 Å². The molecule has 344 valence electrons. The summed E-state index contributed by atoms with van der Waals surface area (Å²) < 4.78 is 112. The number of fused-ring (bicyclic) bond motifs is 10. The Hall–Kier alpha value is -0.820. The van der Waals surface area contributed by atoms with Gasteiger partial charge in [0.05, 0.1) is 27.1 Å². The maximum atomic E-state index is 12.2. The highest BCUT2D eigenvalue weighted by Crippen LogP contribution is 2.71. The van der Waals surface area contributed by atoms with Crippen molar-refractivity contribution in [2.45, 2.75) is 222 Å². The number of ketones is 2. The SMILES string of the molecule is [2H]C([2H])(C[C@@H](C)[C@H]1CC[C@H]2[C@H]3[C@H](CC[C@]12C)[C@@]1(C)CC[C@@H](O)C[C@H]1[C@]([2H])(C([2H])([2H])C([2H])([2H])[2H])[C@@]3([2H])O)C(C)=O.[2H]C([2H])(C[C@@H](C)[C@H]1CC[C@H]2[C@H]3[C@H](CC[C@]12C)[C@@]1(C)CC[C@@H](O)C[C@H]1[C@]([2H])(CC)[C@@]3([2H])O)C(C)=O. The van der Waals surface area contributed by atoms with Gasteiger partial charge in [0, 0.05) is 27.8 Å². The summed E-state index contributed by atoms with van der Waals surface area (Å²) in [7, 11) is 0. The largest absolute Gasteiger partial charge is 0.393 e. The number of hydrogen-bond acceptors (Lipinski definition) is 6. The highest BCUT2D eigenvalue weighted by atomic mass is 16.3. The molecule has 0 aliphatic heterocycles. The molecule has 8 fully saturated rings. The summed E-state index contributed by atoms with van der Waals surface area (Å²) in [6, 6.07) is 0. The monoisotopic (exact) mass is 850 g/mol. The number of rotatable bonds is 10. The molecule has 0 amide bonds. The van der Waals surface area contributed by atoms with Gasteiger partial charge in [-0.05, 0) is 221 Å². The summed E-state index contributed by atoms with van der Waals surface area (Å²) in [6.07, 6.45) is -2.88. The first-order chi connectivity index (χ1) is 33.1. The van der Waals surface area contributed by atoms with Gasteiger partial charge in [0.2, 0.25) is 0 Å². The van der Waals surface area contributed by atoms with Gasteiger partial charge in [0.1, 0.15) is 11.6 Å². The summed E-state index contributed by atoms with van der Waals surface area (Å²) >= 11 is 0. The zero-order valence-corrected chi connectivity index (χ0v) is 38.7. The maximum absolute atomic E-state index is 12.2. The van der Waals surface area contributed by atoms with Crippen LogP contribution in [0.5, 0.6) is 0 Å². The van der Waals surface area contributed by atoms with Gasteiger partial charge in [0.25, 0.3) is 0 Å². The van der Waals surface area contributed by atoms with Crippen molar-refractivity contribution in [1.29, 1.82) is 0 Å². The van der Waals surface area contributed by atoms with Crippen molar-refractivity contribution in [2.75, 3.05) is 0 Å². The van der Waals surface area contributed by atoms with E-state index in [-0.39, 0.29) is 89.3 Å². The van der Waals surface area contributed by atoms with Crippen molar-refractivity contribution in [3.8, 4) is 0 Å². The van der Waals surface area contributed by atoms with Crippen LogP contribution in [0.25, 0.3) is 0 Å². The van der Waals surface area contributed by atoms with Crippen LogP contribution in [0.2, 0.25) is 0 Å². The Bertz CT molecular complexity index is 2090. The molecule has 0 bridgehead atoms. The molecule has 0 radical (unpaired) electrons. The van der Waals surface area contributed by atoms with E-state index in [2.05, 4.69) is 27.7 Å². The van der Waals surface area contributed by atoms with Crippen molar-refractivity contribution in [3.63, 3.8) is 0 Å². The second-order valence-corrected chi connectivity index (χ2v) is 22.9. The molecule has 0 aromatic heterocycles. The third kappa shape index (κ3) is 7.90. The highest BCUT2D eigenvalue weighted by Gasteiger charge is 2.66. The minimum Gasteiger partial charge on any atom is -0.393 e. The van der Waals surface area contributed by atoms with Crippen molar-refractivity contribution in [2.24, 2.45) is 104 Å². The number of Topliss-reactive ketones (excluding diaryl/α,β-unsaturated/α-hetero) is 2. The quantitative estimate of drug-likeness (QED) is 0.174. The third-order valence-electron chi connectivity index (χ3n) is 20.3. The molecule has 8 saturated carbocycles. The molecule has 8 aliphatic rings. The van der Waals surface area contributed by atoms with Gasteiger partial charge < -0.3 is 30.0 Å². The average molecular weight is 850 g/mol. The molecule has 22 atom stereocenters. The molecule has 0 unspecified atom stereocenters. The molecule has 6 heteroatoms. The van der Waals surface area contributed by atoms with Gasteiger partial charge in [-0.3, -0.25) is 0 Å². The molecule has 0 heterocycles. The van der Waals surface area contributed by atoms with Crippen molar-refractivity contribution >= 4 is 11.6 Å². The van der Waals surface area contributed by atoms with Gasteiger partial charge in [-0.15, -0.1) is 0 Å². The molecule has 0 spiro atoms. The zero-order valence-electron chi connectivity index (χ0n) is 51.7. The molecule has 6 nitrogen and oxygen atoms in total. The lowest BCUT2D eigenvalue weighted by Crippen LogP contribution is -2.62. The van der Waals surface area contributed by atoms with E-state index in [1.54, 1.807) is 0 Å². The number of aliphatic hydroxyl groups excluding tert-OH is 2. The van der Waals surface area contributed by atoms with E-state index in [0.29, 0.717) is 44.9 Å². The first-order valence-electron chi connectivity index (χ1n) is 30.9. The van der Waals surface area contributed by atoms with Crippen LogP contribution in [0.1, 0.15) is 215 Å². The Balaban J connectivity index is 0.000000216. The average Bonchev–Trinajstić information content (AvgIpc) is 3.82. The Labute approximate surface area is 385 Å². The number of carbonyl (C=O) groups is 2. The van der Waals surface area contributed by atoms with Crippen LogP contribution in [-0.4, -0.2) is 56.4 Å². The number of hydrogen-bond donors (Lipinski definition) is 4. The number of aliphatic hydroxyl groups is 4. The van der Waals surface area contributed by atoms with Crippen LogP contribution >= 0.6 is 0 Å². The van der Waals surface area contributed by atoms with E-state index in [4.69, 9.17) is 12.3 Å². The topological polar surface area (TPSA) is 115 Å². The summed E-state index contributed by atoms with van der Waals surface area (Å²) in [5.41, 5.74) is -1.46. The lowest BCUT2D eigenvalue weighted by Gasteiger charge is -2.64. The fourth-order valence-electron chi connectivity index (χ4n) is 17.2. The lowest BCUT2D eigenvalue weighted by molar-refractivity contribution is -0.203. The lowest BCUT2D eigenvalue weighted by atomic mass is 9.41. The van der Waals surface area contributed by atoms with E-state index >= 15 is 0 Å². The molecule has 0 aromatic carbocycles. The van der Waals surface area contributed by atoms with Crippen LogP contribution in [0.3, 0.4) is 0 Å². The van der Waals surface area contributed by atoms with Crippen molar-refractivity contribution in [3.05, 3.63) is 0 Å². The Morgan fingerprint density at radius 2 is 0.983 bits per heavy atom. The fourth-order valence-corrected chi connectivity index (χ4v) is 17.2. The predicted molar refractivity (Wildman–Crippen MR) is 242 cm³/mol. The molecule has 8 aliphatic carbocycles. The second kappa shape index (κ2) is 17.9. The molecule has 60 heavy (non-hydrogen) atoms.